The number of benzene rings is 1. The molecule has 1 aromatic heterocycles. The van der Waals surface area contributed by atoms with Crippen LogP contribution in [0.25, 0.3) is 0 Å². The van der Waals surface area contributed by atoms with E-state index in [1.165, 1.54) is 14.0 Å². The SMILES string of the molecule is COc1ccc(N2CCC3(CCCN(S(=O)(=O)c4cc(C)oc4C(F)(F)F)C3)C2=O)cc1. The van der Waals surface area contributed by atoms with Crippen molar-refractivity contribution in [1.29, 1.82) is 0 Å². The van der Waals surface area contributed by atoms with Gasteiger partial charge in [-0.05, 0) is 50.5 Å². The van der Waals surface area contributed by atoms with Crippen LogP contribution in [0.2, 0.25) is 0 Å². The van der Waals surface area contributed by atoms with Crippen LogP contribution in [0, 0.1) is 12.3 Å². The molecule has 32 heavy (non-hydrogen) atoms. The number of hydrogen-bond donors (Lipinski definition) is 0. The lowest BCUT2D eigenvalue weighted by molar-refractivity contribution is -0.156. The lowest BCUT2D eigenvalue weighted by atomic mass is 9.79. The fraction of sp³-hybridized carbons (Fsp3) is 0.476. The third-order valence-corrected chi connectivity index (χ3v) is 7.99. The Morgan fingerprint density at radius 2 is 1.81 bits per heavy atom. The van der Waals surface area contributed by atoms with Gasteiger partial charge in [-0.15, -0.1) is 0 Å². The summed E-state index contributed by atoms with van der Waals surface area (Å²) in [6, 6.07) is 7.84. The minimum atomic E-state index is -4.95. The Kier molecular flexibility index (Phi) is 5.52. The molecule has 1 aromatic carbocycles. The summed E-state index contributed by atoms with van der Waals surface area (Å²) in [4.78, 5) is 14.0. The predicted molar refractivity (Wildman–Crippen MR) is 109 cm³/mol. The van der Waals surface area contributed by atoms with Gasteiger partial charge in [-0.25, -0.2) is 8.42 Å². The first-order valence-corrected chi connectivity index (χ1v) is 11.6. The van der Waals surface area contributed by atoms with Crippen LogP contribution in [0.1, 0.15) is 30.8 Å². The molecule has 2 aromatic rings. The van der Waals surface area contributed by atoms with E-state index in [1.54, 1.807) is 29.2 Å². The second-order valence-electron chi connectivity index (χ2n) is 8.18. The molecule has 1 unspecified atom stereocenters. The number of sulfonamides is 1. The summed E-state index contributed by atoms with van der Waals surface area (Å²) in [6.07, 6.45) is -3.68. The molecule has 2 aliphatic rings. The zero-order valence-corrected chi connectivity index (χ0v) is 18.4. The van der Waals surface area contributed by atoms with Gasteiger partial charge in [0.15, 0.2) is 0 Å². The smallest absolute Gasteiger partial charge is 0.450 e. The average Bonchev–Trinajstić information content (AvgIpc) is 3.30. The molecule has 4 rings (SSSR count). The minimum absolute atomic E-state index is 0.0431. The minimum Gasteiger partial charge on any atom is -0.497 e. The van der Waals surface area contributed by atoms with Crippen LogP contribution in [0.5, 0.6) is 5.75 Å². The van der Waals surface area contributed by atoms with Crippen molar-refractivity contribution >= 4 is 21.6 Å². The Morgan fingerprint density at radius 1 is 1.12 bits per heavy atom. The van der Waals surface area contributed by atoms with Crippen LogP contribution >= 0.6 is 0 Å². The molecule has 0 radical (unpaired) electrons. The average molecular weight is 472 g/mol. The fourth-order valence-corrected chi connectivity index (χ4v) is 6.29. The maximum Gasteiger partial charge on any atom is 0.450 e. The van der Waals surface area contributed by atoms with Crippen molar-refractivity contribution in [2.24, 2.45) is 5.41 Å². The number of rotatable bonds is 4. The number of methoxy groups -OCH3 is 1. The first kappa shape index (κ1) is 22.7. The normalized spacial score (nSPS) is 22.7. The third kappa shape index (κ3) is 3.77. The number of anilines is 1. The number of halogens is 3. The van der Waals surface area contributed by atoms with Crippen LogP contribution < -0.4 is 9.64 Å². The molecule has 1 atom stereocenters. The molecule has 0 N–H and O–H groups in total. The van der Waals surface area contributed by atoms with E-state index in [1.807, 2.05) is 0 Å². The van der Waals surface area contributed by atoms with Crippen molar-refractivity contribution in [3.63, 3.8) is 0 Å². The Morgan fingerprint density at radius 3 is 2.44 bits per heavy atom. The van der Waals surface area contributed by atoms with E-state index in [0.29, 0.717) is 37.2 Å². The van der Waals surface area contributed by atoms with Crippen LogP contribution in [0.3, 0.4) is 0 Å². The van der Waals surface area contributed by atoms with Gasteiger partial charge in [-0.2, -0.15) is 17.5 Å². The van der Waals surface area contributed by atoms with Gasteiger partial charge >= 0.3 is 6.18 Å². The largest absolute Gasteiger partial charge is 0.497 e. The summed E-state index contributed by atoms with van der Waals surface area (Å²) in [5.74, 6) is -1.26. The van der Waals surface area contributed by atoms with Crippen molar-refractivity contribution in [1.82, 2.24) is 4.31 Å². The monoisotopic (exact) mass is 472 g/mol. The van der Waals surface area contributed by atoms with Crippen LogP contribution in [-0.2, 0) is 21.0 Å². The van der Waals surface area contributed by atoms with E-state index in [0.717, 1.165) is 10.4 Å². The zero-order chi connectivity index (χ0) is 23.3. The maximum absolute atomic E-state index is 13.4. The van der Waals surface area contributed by atoms with E-state index in [4.69, 9.17) is 4.74 Å². The summed E-state index contributed by atoms with van der Waals surface area (Å²) < 4.78 is 77.2. The van der Waals surface area contributed by atoms with Gasteiger partial charge in [0.2, 0.25) is 21.7 Å². The van der Waals surface area contributed by atoms with Crippen molar-refractivity contribution in [2.45, 2.75) is 37.3 Å². The van der Waals surface area contributed by atoms with E-state index < -0.39 is 32.3 Å². The summed E-state index contributed by atoms with van der Waals surface area (Å²) in [5.41, 5.74) is -0.305. The molecule has 1 spiro atoms. The Bertz CT molecular complexity index is 1130. The standard InChI is InChI=1S/C21H23F3N2O5S/c1-14-12-17(18(31-14)21(22,23)24)32(28,29)25-10-3-8-20(13-25)9-11-26(19(20)27)15-4-6-16(30-2)7-5-15/h4-7,12H,3,8-11,13H2,1-2H3. The van der Waals surface area contributed by atoms with Gasteiger partial charge in [0.1, 0.15) is 16.4 Å². The van der Waals surface area contributed by atoms with E-state index in [9.17, 15) is 26.4 Å². The molecule has 1 amide bonds. The molecule has 0 aliphatic carbocycles. The number of alkyl halides is 3. The number of amides is 1. The Hall–Kier alpha value is -2.53. The molecule has 2 saturated heterocycles. The molecular weight excluding hydrogens is 449 g/mol. The Labute approximate surface area is 183 Å². The highest BCUT2D eigenvalue weighted by atomic mass is 32.2. The van der Waals surface area contributed by atoms with Gasteiger partial charge in [-0.3, -0.25) is 4.79 Å². The molecular formula is C21H23F3N2O5S. The summed E-state index contributed by atoms with van der Waals surface area (Å²) in [6.45, 7) is 1.54. The number of carbonyl (C=O) groups is 1. The number of aryl methyl sites for hydroxylation is 1. The second kappa shape index (κ2) is 7.80. The van der Waals surface area contributed by atoms with Crippen molar-refractivity contribution in [2.75, 3.05) is 31.6 Å². The number of carbonyl (C=O) groups excluding carboxylic acids is 1. The topological polar surface area (TPSA) is 80.1 Å². The number of hydrogen-bond acceptors (Lipinski definition) is 5. The zero-order valence-electron chi connectivity index (χ0n) is 17.6. The number of ether oxygens (including phenoxy) is 1. The third-order valence-electron chi connectivity index (χ3n) is 6.14. The van der Waals surface area contributed by atoms with Crippen molar-refractivity contribution in [3.05, 3.63) is 41.9 Å². The number of furan rings is 1. The van der Waals surface area contributed by atoms with Gasteiger partial charge in [0.25, 0.3) is 0 Å². The maximum atomic E-state index is 13.4. The fourth-order valence-electron chi connectivity index (χ4n) is 4.52. The molecule has 174 valence electrons. The highest BCUT2D eigenvalue weighted by molar-refractivity contribution is 7.89. The lowest BCUT2D eigenvalue weighted by Gasteiger charge is -2.38. The number of piperidine rings is 1. The highest BCUT2D eigenvalue weighted by Gasteiger charge is 2.52. The van der Waals surface area contributed by atoms with Gasteiger partial charge in [0.05, 0.1) is 12.5 Å². The van der Waals surface area contributed by atoms with Gasteiger partial charge in [0, 0.05) is 31.4 Å². The quantitative estimate of drug-likeness (QED) is 0.676. The molecule has 11 heteroatoms. The summed E-state index contributed by atoms with van der Waals surface area (Å²) in [7, 11) is -2.97. The first-order chi connectivity index (χ1) is 15.0. The van der Waals surface area contributed by atoms with E-state index in [-0.39, 0.29) is 24.8 Å². The van der Waals surface area contributed by atoms with Gasteiger partial charge < -0.3 is 14.1 Å². The Balaban J connectivity index is 1.62. The summed E-state index contributed by atoms with van der Waals surface area (Å²) >= 11 is 0. The molecule has 7 nitrogen and oxygen atoms in total. The molecule has 0 saturated carbocycles. The predicted octanol–water partition coefficient (Wildman–Crippen LogP) is 3.82. The van der Waals surface area contributed by atoms with E-state index in [2.05, 4.69) is 4.42 Å². The molecule has 2 fully saturated rings. The van der Waals surface area contributed by atoms with E-state index >= 15 is 0 Å². The second-order valence-corrected chi connectivity index (χ2v) is 10.1. The molecule has 2 aliphatic heterocycles. The summed E-state index contributed by atoms with van der Waals surface area (Å²) in [5, 5.41) is 0. The molecule has 3 heterocycles. The van der Waals surface area contributed by atoms with Crippen LogP contribution in [-0.4, -0.2) is 45.4 Å². The first-order valence-electron chi connectivity index (χ1n) is 10.1. The number of nitrogens with zero attached hydrogens (tertiary/aromatic N) is 2. The lowest BCUT2D eigenvalue weighted by Crippen LogP contribution is -2.50. The van der Waals surface area contributed by atoms with Crippen LogP contribution in [0.4, 0.5) is 18.9 Å². The van der Waals surface area contributed by atoms with Gasteiger partial charge in [-0.1, -0.05) is 0 Å². The molecule has 0 bridgehead atoms. The van der Waals surface area contributed by atoms with Crippen molar-refractivity contribution < 1.29 is 35.5 Å². The van der Waals surface area contributed by atoms with Crippen LogP contribution in [0.15, 0.2) is 39.6 Å². The highest BCUT2D eigenvalue weighted by Crippen LogP contribution is 2.44. The van der Waals surface area contributed by atoms with Crippen molar-refractivity contribution in [3.8, 4) is 5.75 Å².